The second-order valence-corrected chi connectivity index (χ2v) is 8.33. The van der Waals surface area contributed by atoms with Crippen molar-refractivity contribution < 1.29 is 13.0 Å². The molecule has 0 atom stereocenters. The highest BCUT2D eigenvalue weighted by atomic mass is 32.2. The number of aromatic nitrogens is 1. The number of hydrogen-bond acceptors (Lipinski definition) is 3. The van der Waals surface area contributed by atoms with Crippen LogP contribution in [0.2, 0.25) is 0 Å². The molecular weight excluding hydrogens is 286 g/mol. The topological polar surface area (TPSA) is 67.3 Å². The summed E-state index contributed by atoms with van der Waals surface area (Å²) in [5.74, 6) is 0.563. The molecule has 2 rings (SSSR count). The Labute approximate surface area is 127 Å². The van der Waals surface area contributed by atoms with E-state index in [9.17, 15) is 8.42 Å². The van der Waals surface area contributed by atoms with Gasteiger partial charge in [-0.25, -0.2) is 0 Å². The molecule has 0 unspecified atom stereocenters. The average Bonchev–Trinajstić information content (AvgIpc) is 2.36. The zero-order valence-electron chi connectivity index (χ0n) is 13.2. The highest BCUT2D eigenvalue weighted by molar-refractivity contribution is 7.87. The van der Waals surface area contributed by atoms with E-state index in [1.54, 1.807) is 0 Å². The van der Waals surface area contributed by atoms with E-state index in [0.717, 1.165) is 5.52 Å². The molecule has 0 amide bonds. The summed E-state index contributed by atoms with van der Waals surface area (Å²) in [5.41, 5.74) is 2.47. The third-order valence-corrected chi connectivity index (χ3v) is 4.63. The molecular formula is C16H23NO3S. The lowest BCUT2D eigenvalue weighted by atomic mass is 9.99. The molecule has 1 N–H and O–H groups in total. The third kappa shape index (κ3) is 4.79. The number of rotatable bonds is 1. The minimum Gasteiger partial charge on any atom is -0.285 e. The first kappa shape index (κ1) is 17.6. The van der Waals surface area contributed by atoms with E-state index in [1.807, 2.05) is 12.3 Å². The average molecular weight is 309 g/mol. The Morgan fingerprint density at radius 1 is 1.10 bits per heavy atom. The fourth-order valence-electron chi connectivity index (χ4n) is 1.62. The van der Waals surface area contributed by atoms with Crippen LogP contribution in [0.3, 0.4) is 0 Å². The number of hydrogen-bond donors (Lipinski definition) is 1. The van der Waals surface area contributed by atoms with Crippen molar-refractivity contribution in [1.29, 1.82) is 0 Å². The Kier molecular flexibility index (Phi) is 5.48. The Hall–Kier alpha value is -1.46. The Bertz CT molecular complexity index is 696. The fraction of sp³-hybridized carbons (Fsp3) is 0.438. The largest absolute Gasteiger partial charge is 0.285 e. The molecule has 1 heterocycles. The fourth-order valence-corrected chi connectivity index (χ4v) is 1.62. The van der Waals surface area contributed by atoms with E-state index in [2.05, 4.69) is 43.1 Å². The van der Waals surface area contributed by atoms with Crippen molar-refractivity contribution in [1.82, 2.24) is 4.98 Å². The van der Waals surface area contributed by atoms with Crippen LogP contribution in [-0.2, 0) is 10.1 Å². The lowest BCUT2D eigenvalue weighted by molar-refractivity contribution is 0.450. The van der Waals surface area contributed by atoms with Crippen LogP contribution in [0.15, 0.2) is 36.5 Å². The van der Waals surface area contributed by atoms with Gasteiger partial charge in [-0.3, -0.25) is 9.54 Å². The smallest absolute Gasteiger partial charge is 0.269 e. The first-order valence-electron chi connectivity index (χ1n) is 6.84. The number of para-hydroxylation sites is 1. The van der Waals surface area contributed by atoms with Gasteiger partial charge in [0.1, 0.15) is 0 Å². The molecule has 1 aromatic carbocycles. The molecule has 0 aliphatic heterocycles. The van der Waals surface area contributed by atoms with Crippen LogP contribution >= 0.6 is 0 Å². The second-order valence-electron chi connectivity index (χ2n) is 6.16. The van der Waals surface area contributed by atoms with Gasteiger partial charge in [0.2, 0.25) is 0 Å². The summed E-state index contributed by atoms with van der Waals surface area (Å²) in [5, 5.41) is 1.28. The lowest BCUT2D eigenvalue weighted by Gasteiger charge is -2.12. The molecule has 116 valence electrons. The van der Waals surface area contributed by atoms with Crippen LogP contribution < -0.4 is 0 Å². The van der Waals surface area contributed by atoms with Gasteiger partial charge in [-0.2, -0.15) is 8.42 Å². The van der Waals surface area contributed by atoms with Gasteiger partial charge in [0, 0.05) is 11.6 Å². The van der Waals surface area contributed by atoms with Crippen LogP contribution in [0.1, 0.15) is 46.1 Å². The van der Waals surface area contributed by atoms with Gasteiger partial charge in [0.25, 0.3) is 10.1 Å². The number of benzene rings is 1. The minimum absolute atomic E-state index is 0.563. The molecule has 0 aliphatic rings. The standard InChI is InChI=1S/C12H13N.C4H10O3S/c1-9(2)10-7-8-13-12-6-4-3-5-11(10)12;1-4(2,3)8(5,6)7/h3-9H,1-2H3;1-3H3,(H,5,6,7). The summed E-state index contributed by atoms with van der Waals surface area (Å²) >= 11 is 0. The Morgan fingerprint density at radius 2 is 1.62 bits per heavy atom. The van der Waals surface area contributed by atoms with Crippen molar-refractivity contribution in [2.24, 2.45) is 0 Å². The summed E-state index contributed by atoms with van der Waals surface area (Å²) in [6, 6.07) is 10.4. The van der Waals surface area contributed by atoms with Crippen LogP contribution in [0, 0.1) is 0 Å². The Balaban J connectivity index is 0.000000240. The summed E-state index contributed by atoms with van der Waals surface area (Å²) in [7, 11) is -3.84. The monoisotopic (exact) mass is 309 g/mol. The number of nitrogens with zero attached hydrogens (tertiary/aromatic N) is 1. The number of fused-ring (bicyclic) bond motifs is 1. The van der Waals surface area contributed by atoms with E-state index >= 15 is 0 Å². The maximum absolute atomic E-state index is 10.2. The zero-order valence-corrected chi connectivity index (χ0v) is 14.0. The predicted molar refractivity (Wildman–Crippen MR) is 87.1 cm³/mol. The minimum atomic E-state index is -3.84. The second kappa shape index (κ2) is 6.54. The molecule has 0 saturated carbocycles. The maximum atomic E-state index is 10.2. The van der Waals surface area contributed by atoms with Crippen LogP contribution in [-0.4, -0.2) is 22.7 Å². The molecule has 0 bridgehead atoms. The molecule has 0 saturated heterocycles. The molecule has 0 radical (unpaired) electrons. The zero-order chi connectivity index (χ0) is 16.3. The van der Waals surface area contributed by atoms with E-state index < -0.39 is 14.9 Å². The summed E-state index contributed by atoms with van der Waals surface area (Å²) in [6.45, 7) is 8.72. The van der Waals surface area contributed by atoms with Crippen molar-refractivity contribution in [3.8, 4) is 0 Å². The summed E-state index contributed by atoms with van der Waals surface area (Å²) in [4.78, 5) is 4.32. The molecule has 5 heteroatoms. The quantitative estimate of drug-likeness (QED) is 0.808. The molecule has 0 spiro atoms. The van der Waals surface area contributed by atoms with E-state index in [-0.39, 0.29) is 0 Å². The summed E-state index contributed by atoms with van der Waals surface area (Å²) in [6.07, 6.45) is 1.89. The van der Waals surface area contributed by atoms with Crippen molar-refractivity contribution in [2.75, 3.05) is 0 Å². The van der Waals surface area contributed by atoms with Crippen molar-refractivity contribution in [3.05, 3.63) is 42.1 Å². The molecule has 1 aromatic heterocycles. The van der Waals surface area contributed by atoms with Gasteiger partial charge in [-0.1, -0.05) is 32.0 Å². The molecule has 0 fully saturated rings. The maximum Gasteiger partial charge on any atom is 0.269 e. The highest BCUT2D eigenvalue weighted by Crippen LogP contribution is 2.22. The first-order valence-corrected chi connectivity index (χ1v) is 8.28. The van der Waals surface area contributed by atoms with E-state index in [0.29, 0.717) is 5.92 Å². The van der Waals surface area contributed by atoms with Gasteiger partial charge in [-0.05, 0) is 44.4 Å². The molecule has 4 nitrogen and oxygen atoms in total. The van der Waals surface area contributed by atoms with E-state index in [1.165, 1.54) is 31.7 Å². The van der Waals surface area contributed by atoms with Crippen molar-refractivity contribution in [2.45, 2.75) is 45.3 Å². The predicted octanol–water partition coefficient (Wildman–Crippen LogP) is 4.03. The van der Waals surface area contributed by atoms with Crippen LogP contribution in [0.5, 0.6) is 0 Å². The third-order valence-electron chi connectivity index (χ3n) is 3.08. The SMILES string of the molecule is CC(C)(C)S(=O)(=O)O.CC(C)c1ccnc2ccccc12. The summed E-state index contributed by atoms with van der Waals surface area (Å²) < 4.78 is 27.7. The van der Waals surface area contributed by atoms with Gasteiger partial charge in [0.05, 0.1) is 10.3 Å². The van der Waals surface area contributed by atoms with Crippen molar-refractivity contribution in [3.63, 3.8) is 0 Å². The lowest BCUT2D eigenvalue weighted by Crippen LogP contribution is -2.26. The highest BCUT2D eigenvalue weighted by Gasteiger charge is 2.25. The van der Waals surface area contributed by atoms with Crippen molar-refractivity contribution >= 4 is 21.0 Å². The molecule has 21 heavy (non-hydrogen) atoms. The van der Waals surface area contributed by atoms with Gasteiger partial charge >= 0.3 is 0 Å². The first-order chi connectivity index (χ1) is 9.54. The van der Waals surface area contributed by atoms with Crippen LogP contribution in [0.25, 0.3) is 10.9 Å². The molecule has 0 aliphatic carbocycles. The molecule has 2 aromatic rings. The van der Waals surface area contributed by atoms with Gasteiger partial charge in [0.15, 0.2) is 0 Å². The normalized spacial score (nSPS) is 12.1. The number of pyridine rings is 1. The van der Waals surface area contributed by atoms with E-state index in [4.69, 9.17) is 4.55 Å². The van der Waals surface area contributed by atoms with Gasteiger partial charge in [-0.15, -0.1) is 0 Å². The van der Waals surface area contributed by atoms with Crippen LogP contribution in [0.4, 0.5) is 0 Å². The van der Waals surface area contributed by atoms with Gasteiger partial charge < -0.3 is 0 Å². The Morgan fingerprint density at radius 3 is 2.10 bits per heavy atom.